The maximum atomic E-state index is 12.4. The van der Waals surface area contributed by atoms with Gasteiger partial charge in [0.25, 0.3) is 0 Å². The summed E-state index contributed by atoms with van der Waals surface area (Å²) in [4.78, 5) is 24.4. The van der Waals surface area contributed by atoms with E-state index in [0.29, 0.717) is 19.4 Å². The van der Waals surface area contributed by atoms with Gasteiger partial charge in [0.15, 0.2) is 0 Å². The first-order valence-corrected chi connectivity index (χ1v) is 25.1. The Morgan fingerprint density at radius 3 is 1.28 bits per heavy atom. The molecule has 0 aromatic rings. The third kappa shape index (κ3) is 43.7. The highest BCUT2D eigenvalue weighted by Gasteiger charge is 2.18. The predicted octanol–water partition coefficient (Wildman–Crippen LogP) is 14.7. The van der Waals surface area contributed by atoms with Crippen LogP contribution in [0.5, 0.6) is 0 Å². The number of allylic oxidation sites excluding steroid dienone is 3. The Morgan fingerprint density at radius 1 is 0.474 bits per heavy atom. The highest BCUT2D eigenvalue weighted by atomic mass is 16.5. The van der Waals surface area contributed by atoms with Crippen molar-refractivity contribution in [2.24, 2.45) is 0 Å². The number of hydrogen-bond donors (Lipinski definition) is 3. The molecule has 0 bridgehead atoms. The molecule has 2 atom stereocenters. The van der Waals surface area contributed by atoms with Gasteiger partial charge < -0.3 is 20.3 Å². The SMILES string of the molecule is CCCCC/C=C\CCCCCCCC(=O)OCCCCCCCCCCCCCCCCCC(=O)NC(CO)C(O)/C=C/CCCCCCCCCCCCC. The lowest BCUT2D eigenvalue weighted by atomic mass is 10.0. The number of carbonyl (C=O) groups is 2. The first kappa shape index (κ1) is 55.3. The second kappa shape index (κ2) is 47.0. The summed E-state index contributed by atoms with van der Waals surface area (Å²) in [5, 5.41) is 23.0. The van der Waals surface area contributed by atoms with E-state index in [4.69, 9.17) is 4.74 Å². The molecule has 0 heterocycles. The van der Waals surface area contributed by atoms with Gasteiger partial charge in [-0.25, -0.2) is 0 Å². The van der Waals surface area contributed by atoms with Gasteiger partial charge in [-0.2, -0.15) is 0 Å². The monoisotopic (exact) mass is 804 g/mol. The van der Waals surface area contributed by atoms with Crippen LogP contribution >= 0.6 is 0 Å². The number of carbonyl (C=O) groups excluding carboxylic acids is 2. The lowest BCUT2D eigenvalue weighted by molar-refractivity contribution is -0.143. The van der Waals surface area contributed by atoms with Crippen LogP contribution in [-0.2, 0) is 14.3 Å². The van der Waals surface area contributed by atoms with Crippen LogP contribution in [0.1, 0.15) is 264 Å². The van der Waals surface area contributed by atoms with E-state index in [1.165, 1.54) is 180 Å². The molecule has 1 amide bonds. The quantitative estimate of drug-likeness (QED) is 0.0324. The number of nitrogens with one attached hydrogen (secondary N) is 1. The van der Waals surface area contributed by atoms with Crippen molar-refractivity contribution in [2.45, 2.75) is 276 Å². The van der Waals surface area contributed by atoms with E-state index in [2.05, 4.69) is 31.3 Å². The molecule has 0 rings (SSSR count). The standard InChI is InChI=1S/C51H97NO5/c1-3-5-7-9-11-13-15-20-23-27-31-35-39-43-49(54)48(47-53)52-50(55)44-40-36-32-28-24-21-18-17-19-22-26-30-34-38-42-46-57-51(56)45-41-37-33-29-25-16-14-12-10-8-6-4-2/h12,14,39,43,48-49,53-54H,3-11,13,15-38,40-42,44-47H2,1-2H3,(H,52,55)/b14-12-,43-39+. The molecule has 0 aliphatic heterocycles. The molecule has 0 saturated heterocycles. The molecule has 0 aromatic carbocycles. The smallest absolute Gasteiger partial charge is 0.305 e. The van der Waals surface area contributed by atoms with Gasteiger partial charge in [-0.15, -0.1) is 0 Å². The minimum absolute atomic E-state index is 0.0110. The highest BCUT2D eigenvalue weighted by Crippen LogP contribution is 2.16. The van der Waals surface area contributed by atoms with Crippen molar-refractivity contribution >= 4 is 11.9 Å². The summed E-state index contributed by atoms with van der Waals surface area (Å²) in [6, 6.07) is -0.633. The summed E-state index contributed by atoms with van der Waals surface area (Å²) in [6.45, 7) is 4.85. The van der Waals surface area contributed by atoms with Gasteiger partial charge in [0, 0.05) is 12.8 Å². The van der Waals surface area contributed by atoms with Gasteiger partial charge in [0.1, 0.15) is 0 Å². The van der Waals surface area contributed by atoms with Crippen LogP contribution in [0.2, 0.25) is 0 Å². The average molecular weight is 804 g/mol. The van der Waals surface area contributed by atoms with E-state index < -0.39 is 12.1 Å². The second-order valence-electron chi connectivity index (χ2n) is 17.1. The molecular formula is C51H97NO5. The molecule has 6 heteroatoms. The normalized spacial score (nSPS) is 12.8. The Hall–Kier alpha value is -1.66. The van der Waals surface area contributed by atoms with Gasteiger partial charge >= 0.3 is 5.97 Å². The van der Waals surface area contributed by atoms with Crippen LogP contribution in [0, 0.1) is 0 Å². The van der Waals surface area contributed by atoms with E-state index in [1.54, 1.807) is 6.08 Å². The van der Waals surface area contributed by atoms with Gasteiger partial charge in [-0.1, -0.05) is 218 Å². The molecular weight excluding hydrogens is 707 g/mol. The Bertz CT molecular complexity index is 889. The number of ether oxygens (including phenoxy) is 1. The first-order chi connectivity index (χ1) is 28.0. The average Bonchev–Trinajstić information content (AvgIpc) is 3.21. The molecule has 6 nitrogen and oxygen atoms in total. The van der Waals surface area contributed by atoms with E-state index in [9.17, 15) is 19.8 Å². The second-order valence-corrected chi connectivity index (χ2v) is 17.1. The van der Waals surface area contributed by atoms with E-state index in [-0.39, 0.29) is 18.5 Å². The molecule has 0 saturated carbocycles. The summed E-state index contributed by atoms with van der Waals surface area (Å²) in [6.07, 6.45) is 54.5. The molecule has 0 radical (unpaired) electrons. The lowest BCUT2D eigenvalue weighted by Crippen LogP contribution is -2.45. The van der Waals surface area contributed by atoms with Gasteiger partial charge in [-0.05, 0) is 57.8 Å². The zero-order chi connectivity index (χ0) is 41.5. The van der Waals surface area contributed by atoms with Crippen LogP contribution in [-0.4, -0.2) is 47.4 Å². The summed E-state index contributed by atoms with van der Waals surface area (Å²) >= 11 is 0. The zero-order valence-electron chi connectivity index (χ0n) is 38.1. The van der Waals surface area contributed by atoms with Crippen LogP contribution in [0.25, 0.3) is 0 Å². The molecule has 2 unspecified atom stereocenters. The summed E-state index contributed by atoms with van der Waals surface area (Å²) in [7, 11) is 0. The highest BCUT2D eigenvalue weighted by molar-refractivity contribution is 5.76. The fourth-order valence-electron chi connectivity index (χ4n) is 7.57. The number of esters is 1. The van der Waals surface area contributed by atoms with Crippen molar-refractivity contribution in [1.29, 1.82) is 0 Å². The van der Waals surface area contributed by atoms with Crippen molar-refractivity contribution < 1.29 is 24.5 Å². The van der Waals surface area contributed by atoms with Crippen LogP contribution in [0.3, 0.4) is 0 Å². The fourth-order valence-corrected chi connectivity index (χ4v) is 7.57. The predicted molar refractivity (Wildman–Crippen MR) is 246 cm³/mol. The van der Waals surface area contributed by atoms with Crippen LogP contribution in [0.15, 0.2) is 24.3 Å². The van der Waals surface area contributed by atoms with Crippen molar-refractivity contribution in [3.05, 3.63) is 24.3 Å². The number of aliphatic hydroxyl groups is 2. The molecule has 0 aliphatic rings. The Balaban J connectivity index is 3.47. The topological polar surface area (TPSA) is 95.9 Å². The largest absolute Gasteiger partial charge is 0.466 e. The molecule has 0 aliphatic carbocycles. The Kier molecular flexibility index (Phi) is 45.7. The molecule has 57 heavy (non-hydrogen) atoms. The van der Waals surface area contributed by atoms with Crippen molar-refractivity contribution in [3.63, 3.8) is 0 Å². The van der Waals surface area contributed by atoms with Crippen LogP contribution in [0.4, 0.5) is 0 Å². The zero-order valence-corrected chi connectivity index (χ0v) is 38.1. The van der Waals surface area contributed by atoms with Crippen molar-refractivity contribution in [2.75, 3.05) is 13.2 Å². The molecule has 336 valence electrons. The number of hydrogen-bond acceptors (Lipinski definition) is 5. The fraction of sp³-hybridized carbons (Fsp3) is 0.882. The van der Waals surface area contributed by atoms with Crippen LogP contribution < -0.4 is 5.32 Å². The molecule has 3 N–H and O–H groups in total. The minimum Gasteiger partial charge on any atom is -0.466 e. The Labute approximate surface area is 354 Å². The van der Waals surface area contributed by atoms with Gasteiger partial charge in [0.05, 0.1) is 25.4 Å². The summed E-state index contributed by atoms with van der Waals surface area (Å²) in [5.74, 6) is -0.0884. The van der Waals surface area contributed by atoms with E-state index in [1.807, 2.05) is 6.08 Å². The van der Waals surface area contributed by atoms with Crippen molar-refractivity contribution in [3.8, 4) is 0 Å². The first-order valence-electron chi connectivity index (χ1n) is 25.1. The maximum absolute atomic E-state index is 12.4. The molecule has 0 spiro atoms. The number of rotatable bonds is 46. The minimum atomic E-state index is -0.849. The number of amides is 1. The van der Waals surface area contributed by atoms with E-state index >= 15 is 0 Å². The third-order valence-electron chi connectivity index (χ3n) is 11.5. The lowest BCUT2D eigenvalue weighted by Gasteiger charge is -2.20. The Morgan fingerprint density at radius 2 is 0.825 bits per heavy atom. The molecule has 0 fully saturated rings. The van der Waals surface area contributed by atoms with Gasteiger partial charge in [0.2, 0.25) is 5.91 Å². The molecule has 0 aromatic heterocycles. The third-order valence-corrected chi connectivity index (χ3v) is 11.5. The number of unbranched alkanes of at least 4 members (excludes halogenated alkanes) is 33. The summed E-state index contributed by atoms with van der Waals surface area (Å²) in [5.41, 5.74) is 0. The number of aliphatic hydroxyl groups excluding tert-OH is 2. The maximum Gasteiger partial charge on any atom is 0.305 e. The van der Waals surface area contributed by atoms with E-state index in [0.717, 1.165) is 57.8 Å². The summed E-state index contributed by atoms with van der Waals surface area (Å²) < 4.78 is 5.45. The van der Waals surface area contributed by atoms with Gasteiger partial charge in [-0.3, -0.25) is 9.59 Å². The van der Waals surface area contributed by atoms with Crippen molar-refractivity contribution in [1.82, 2.24) is 5.32 Å².